The Balaban J connectivity index is 1.09. The maximum Gasteiger partial charge on any atom is 0.167 e. The van der Waals surface area contributed by atoms with Gasteiger partial charge in [-0.25, -0.2) is 19.9 Å². The summed E-state index contributed by atoms with van der Waals surface area (Å²) in [7, 11) is 0. The van der Waals surface area contributed by atoms with Crippen molar-refractivity contribution in [1.82, 2.24) is 19.9 Å². The van der Waals surface area contributed by atoms with Crippen molar-refractivity contribution < 1.29 is 8.83 Å². The highest BCUT2D eigenvalue weighted by molar-refractivity contribution is 6.16. The molecule has 11 rings (SSSR count). The maximum atomic E-state index is 6.42. The molecule has 6 nitrogen and oxygen atoms in total. The van der Waals surface area contributed by atoms with E-state index in [0.29, 0.717) is 17.5 Å². The average molecular weight is 667 g/mol. The lowest BCUT2D eigenvalue weighted by Gasteiger charge is -2.11. The van der Waals surface area contributed by atoms with Crippen molar-refractivity contribution in [2.45, 2.75) is 0 Å². The summed E-state index contributed by atoms with van der Waals surface area (Å²) in [4.78, 5) is 20.4. The highest BCUT2D eigenvalue weighted by Gasteiger charge is 2.19. The quantitative estimate of drug-likeness (QED) is 0.186. The zero-order valence-electron chi connectivity index (χ0n) is 27.6. The van der Waals surface area contributed by atoms with Crippen LogP contribution < -0.4 is 0 Å². The van der Waals surface area contributed by atoms with Crippen LogP contribution in [0.15, 0.2) is 167 Å². The fraction of sp³-hybridized carbons (Fsp3) is 0. The predicted octanol–water partition coefficient (Wildman–Crippen LogP) is 12.0. The van der Waals surface area contributed by atoms with E-state index < -0.39 is 0 Å². The summed E-state index contributed by atoms with van der Waals surface area (Å²) in [5.74, 6) is 1.71. The number of aromatic nitrogens is 4. The van der Waals surface area contributed by atoms with Gasteiger partial charge in [-0.2, -0.15) is 0 Å². The van der Waals surface area contributed by atoms with E-state index in [9.17, 15) is 0 Å². The second kappa shape index (κ2) is 11.2. The molecule has 0 atom stereocenters. The molecule has 0 aliphatic heterocycles. The number of hydrogen-bond donors (Lipinski definition) is 0. The van der Waals surface area contributed by atoms with E-state index in [1.165, 1.54) is 0 Å². The van der Waals surface area contributed by atoms with Gasteiger partial charge in [0.15, 0.2) is 23.1 Å². The van der Waals surface area contributed by atoms with Crippen LogP contribution in [0, 0.1) is 0 Å². The molecule has 0 N–H and O–H groups in total. The van der Waals surface area contributed by atoms with Gasteiger partial charge in [-0.05, 0) is 41.1 Å². The Kier molecular flexibility index (Phi) is 6.15. The van der Waals surface area contributed by atoms with E-state index in [0.717, 1.165) is 93.5 Å². The minimum Gasteiger partial charge on any atom is -0.455 e. The van der Waals surface area contributed by atoms with Gasteiger partial charge in [-0.1, -0.05) is 127 Å². The monoisotopic (exact) mass is 666 g/mol. The molecule has 0 bridgehead atoms. The highest BCUT2D eigenvalue weighted by atomic mass is 16.3. The van der Waals surface area contributed by atoms with Crippen molar-refractivity contribution in [3.05, 3.63) is 158 Å². The molecule has 0 fully saturated rings. The van der Waals surface area contributed by atoms with Crippen molar-refractivity contribution in [3.63, 3.8) is 0 Å². The molecule has 4 heterocycles. The molecule has 0 spiro atoms. The molecule has 0 saturated heterocycles. The lowest BCUT2D eigenvalue weighted by molar-refractivity contribution is 0.669. The van der Waals surface area contributed by atoms with Crippen molar-refractivity contribution in [3.8, 4) is 45.4 Å². The Labute approximate surface area is 296 Å². The lowest BCUT2D eigenvalue weighted by atomic mass is 10.0. The molecule has 11 aromatic rings. The molecular weight excluding hydrogens is 641 g/mol. The van der Waals surface area contributed by atoms with Crippen LogP contribution in [0.2, 0.25) is 0 Å². The number of nitrogens with zero attached hydrogens (tertiary/aromatic N) is 4. The van der Waals surface area contributed by atoms with Gasteiger partial charge < -0.3 is 8.83 Å². The van der Waals surface area contributed by atoms with Crippen LogP contribution in [0.5, 0.6) is 0 Å². The number of fused-ring (bicyclic) bond motifs is 9. The Morgan fingerprint density at radius 3 is 1.73 bits per heavy atom. The second-order valence-electron chi connectivity index (χ2n) is 13.0. The van der Waals surface area contributed by atoms with E-state index in [1.807, 2.05) is 72.8 Å². The first-order valence-corrected chi connectivity index (χ1v) is 17.2. The number of rotatable bonds is 4. The third kappa shape index (κ3) is 4.44. The van der Waals surface area contributed by atoms with E-state index in [2.05, 4.69) is 84.9 Å². The third-order valence-electron chi connectivity index (χ3n) is 9.92. The molecule has 0 radical (unpaired) electrons. The molecule has 52 heavy (non-hydrogen) atoms. The summed E-state index contributed by atoms with van der Waals surface area (Å²) in [5.41, 5.74) is 8.54. The van der Waals surface area contributed by atoms with Crippen molar-refractivity contribution in [2.24, 2.45) is 0 Å². The van der Waals surface area contributed by atoms with E-state index in [4.69, 9.17) is 28.8 Å². The molecule has 0 aliphatic carbocycles. The molecule has 242 valence electrons. The van der Waals surface area contributed by atoms with Crippen LogP contribution in [0.4, 0.5) is 0 Å². The van der Waals surface area contributed by atoms with Crippen LogP contribution in [-0.2, 0) is 0 Å². The molecule has 0 aliphatic rings. The molecular formula is C46H26N4O2. The Hall–Kier alpha value is -7.18. The van der Waals surface area contributed by atoms with Crippen molar-refractivity contribution in [2.75, 3.05) is 0 Å². The summed E-state index contributed by atoms with van der Waals surface area (Å²) < 4.78 is 12.7. The standard InChI is InChI=1S/C46H26N4O2/c1-2-11-30-26-31(25-20-27(30)10-1)45-48-44(49-46(50-45)37-17-9-16-34-32-12-5-7-18-38(32)51-42(34)37)29-23-21-28(22-24-29)40-33-13-3-4-14-35(33)43-41(47-40)36-15-6-8-19-39(36)52-43/h1-26H. The first kappa shape index (κ1) is 28.6. The molecule has 6 heteroatoms. The fourth-order valence-corrected chi connectivity index (χ4v) is 7.39. The first-order valence-electron chi connectivity index (χ1n) is 17.2. The highest BCUT2D eigenvalue weighted by Crippen LogP contribution is 2.39. The molecule has 4 aromatic heterocycles. The summed E-state index contributed by atoms with van der Waals surface area (Å²) in [6.07, 6.45) is 0. The molecule has 7 aromatic carbocycles. The van der Waals surface area contributed by atoms with Gasteiger partial charge in [0.25, 0.3) is 0 Å². The Bertz CT molecular complexity index is 3200. The summed E-state index contributed by atoms with van der Waals surface area (Å²) in [5, 5.41) is 7.42. The van der Waals surface area contributed by atoms with Crippen LogP contribution in [0.3, 0.4) is 0 Å². The topological polar surface area (TPSA) is 77.8 Å². The minimum atomic E-state index is 0.548. The maximum absolute atomic E-state index is 6.42. The largest absolute Gasteiger partial charge is 0.455 e. The number of pyridine rings is 1. The normalized spacial score (nSPS) is 11.8. The van der Waals surface area contributed by atoms with E-state index in [1.54, 1.807) is 0 Å². The van der Waals surface area contributed by atoms with E-state index >= 15 is 0 Å². The van der Waals surface area contributed by atoms with Crippen LogP contribution in [0.25, 0.3) is 111 Å². The van der Waals surface area contributed by atoms with Gasteiger partial charge in [0, 0.05) is 43.6 Å². The van der Waals surface area contributed by atoms with Gasteiger partial charge in [0.1, 0.15) is 22.3 Å². The number of para-hydroxylation sites is 3. The smallest absolute Gasteiger partial charge is 0.167 e. The van der Waals surface area contributed by atoms with Gasteiger partial charge in [0.05, 0.1) is 11.3 Å². The number of furan rings is 2. The average Bonchev–Trinajstić information content (AvgIpc) is 3.79. The summed E-state index contributed by atoms with van der Waals surface area (Å²) >= 11 is 0. The van der Waals surface area contributed by atoms with Crippen LogP contribution in [0.1, 0.15) is 0 Å². The van der Waals surface area contributed by atoms with E-state index in [-0.39, 0.29) is 0 Å². The van der Waals surface area contributed by atoms with Crippen LogP contribution in [-0.4, -0.2) is 19.9 Å². The van der Waals surface area contributed by atoms with Gasteiger partial charge >= 0.3 is 0 Å². The van der Waals surface area contributed by atoms with Crippen molar-refractivity contribution in [1.29, 1.82) is 0 Å². The van der Waals surface area contributed by atoms with Crippen LogP contribution >= 0.6 is 0 Å². The lowest BCUT2D eigenvalue weighted by Crippen LogP contribution is -2.00. The van der Waals surface area contributed by atoms with Gasteiger partial charge in [-0.3, -0.25) is 0 Å². The fourth-order valence-electron chi connectivity index (χ4n) is 7.39. The molecule has 0 amide bonds. The van der Waals surface area contributed by atoms with Gasteiger partial charge in [-0.15, -0.1) is 0 Å². The summed E-state index contributed by atoms with van der Waals surface area (Å²) in [6, 6.07) is 53.5. The first-order chi connectivity index (χ1) is 25.7. The zero-order chi connectivity index (χ0) is 34.2. The number of hydrogen-bond acceptors (Lipinski definition) is 6. The Morgan fingerprint density at radius 2 is 0.904 bits per heavy atom. The zero-order valence-corrected chi connectivity index (χ0v) is 27.6. The third-order valence-corrected chi connectivity index (χ3v) is 9.92. The summed E-state index contributed by atoms with van der Waals surface area (Å²) in [6.45, 7) is 0. The Morgan fingerprint density at radius 1 is 0.346 bits per heavy atom. The predicted molar refractivity (Wildman–Crippen MR) is 209 cm³/mol. The van der Waals surface area contributed by atoms with Crippen molar-refractivity contribution >= 4 is 65.6 Å². The van der Waals surface area contributed by atoms with Gasteiger partial charge in [0.2, 0.25) is 0 Å². The minimum absolute atomic E-state index is 0.548. The second-order valence-corrected chi connectivity index (χ2v) is 13.0. The molecule has 0 saturated carbocycles. The molecule has 0 unspecified atom stereocenters. The number of benzene rings is 7. The SMILES string of the molecule is c1ccc2cc(-c3nc(-c4ccc(-c5nc6c7ccccc7oc6c6ccccc56)cc4)nc(-c4cccc5c4oc4ccccc45)n3)ccc2c1.